The molecule has 0 saturated heterocycles. The summed E-state index contributed by atoms with van der Waals surface area (Å²) >= 11 is 0. The quantitative estimate of drug-likeness (QED) is 0.779. The summed E-state index contributed by atoms with van der Waals surface area (Å²) in [6.07, 6.45) is 1.63. The molecule has 0 fully saturated rings. The van der Waals surface area contributed by atoms with Crippen molar-refractivity contribution in [2.24, 2.45) is 4.99 Å². The first kappa shape index (κ1) is 20.1. The maximum atomic E-state index is 12.9. The van der Waals surface area contributed by atoms with Crippen molar-refractivity contribution in [3.63, 3.8) is 0 Å². The molecule has 1 aromatic heterocycles. The number of sulfonamides is 1. The van der Waals surface area contributed by atoms with Crippen LogP contribution in [0.2, 0.25) is 0 Å². The Bertz CT molecular complexity index is 942. The average Bonchev–Trinajstić information content (AvgIpc) is 2.62. The molecule has 1 heterocycles. The van der Waals surface area contributed by atoms with E-state index in [-0.39, 0.29) is 16.8 Å². The van der Waals surface area contributed by atoms with Crippen molar-refractivity contribution in [2.45, 2.75) is 38.6 Å². The molecule has 0 atom stereocenters. The minimum Gasteiger partial charge on any atom is -0.268 e. The van der Waals surface area contributed by atoms with Crippen LogP contribution in [0, 0.1) is 0 Å². The summed E-state index contributed by atoms with van der Waals surface area (Å²) in [4.78, 5) is 17.5. The highest BCUT2D eigenvalue weighted by Crippen LogP contribution is 2.17. The van der Waals surface area contributed by atoms with Gasteiger partial charge in [0, 0.05) is 30.9 Å². The number of carbonyl (C=O) groups is 1. The minimum atomic E-state index is -3.62. The summed E-state index contributed by atoms with van der Waals surface area (Å²) in [5.41, 5.74) is 0.833. The van der Waals surface area contributed by atoms with Gasteiger partial charge in [-0.25, -0.2) is 8.42 Å². The predicted molar refractivity (Wildman–Crippen MR) is 101 cm³/mol. The van der Waals surface area contributed by atoms with Gasteiger partial charge in [-0.3, -0.25) is 14.4 Å². The summed E-state index contributed by atoms with van der Waals surface area (Å²) in [5.74, 6) is -0.318. The smallest absolute Gasteiger partial charge is 0.263 e. The van der Waals surface area contributed by atoms with Gasteiger partial charge < -0.3 is 0 Å². The Morgan fingerprint density at radius 2 is 1.81 bits per heavy atom. The second-order valence-electron chi connectivity index (χ2n) is 6.07. The largest absolute Gasteiger partial charge is 0.268 e. The molecule has 0 radical (unpaired) electrons. The third-order valence-corrected chi connectivity index (χ3v) is 5.92. The molecule has 0 bridgehead atoms. The van der Waals surface area contributed by atoms with Gasteiger partial charge in [0.1, 0.15) is 5.49 Å². The second kappa shape index (κ2) is 8.42. The summed E-state index contributed by atoms with van der Waals surface area (Å²) in [5, 5.41) is 0. The van der Waals surface area contributed by atoms with Gasteiger partial charge in [-0.05, 0) is 44.2 Å². The van der Waals surface area contributed by atoms with Crippen LogP contribution in [0.1, 0.15) is 38.1 Å². The van der Waals surface area contributed by atoms with Gasteiger partial charge in [-0.15, -0.1) is 0 Å². The molecule has 2 aromatic rings. The Morgan fingerprint density at radius 1 is 1.12 bits per heavy atom. The second-order valence-corrected chi connectivity index (χ2v) is 8.01. The SMILES string of the molecule is CCN(CC)S(=O)(=O)c1cccc(C(=O)n2ccccc2=NC(C)C)c1. The molecule has 0 spiro atoms. The Kier molecular flexibility index (Phi) is 6.50. The van der Waals surface area contributed by atoms with Gasteiger partial charge in [0.15, 0.2) is 0 Å². The van der Waals surface area contributed by atoms with Gasteiger partial charge in [0.05, 0.1) is 4.90 Å². The molecule has 0 unspecified atom stereocenters. The van der Waals surface area contributed by atoms with Gasteiger partial charge >= 0.3 is 0 Å². The zero-order valence-corrected chi connectivity index (χ0v) is 16.4. The van der Waals surface area contributed by atoms with E-state index in [9.17, 15) is 13.2 Å². The molecule has 7 heteroatoms. The predicted octanol–water partition coefficient (Wildman–Crippen LogP) is 2.52. The molecule has 0 amide bonds. The molecule has 1 aromatic carbocycles. The number of carbonyl (C=O) groups excluding carboxylic acids is 1. The molecule has 2 rings (SSSR count). The van der Waals surface area contributed by atoms with Gasteiger partial charge in [-0.2, -0.15) is 4.31 Å². The summed E-state index contributed by atoms with van der Waals surface area (Å²) in [6, 6.07) is 11.5. The molecule has 0 aliphatic heterocycles. The van der Waals surface area contributed by atoms with Crippen molar-refractivity contribution in [3.05, 3.63) is 59.7 Å². The van der Waals surface area contributed by atoms with E-state index in [0.717, 1.165) is 0 Å². The van der Waals surface area contributed by atoms with Gasteiger partial charge in [0.25, 0.3) is 5.91 Å². The minimum absolute atomic E-state index is 0.0332. The topological polar surface area (TPSA) is 71.7 Å². The van der Waals surface area contributed by atoms with Crippen LogP contribution in [0.25, 0.3) is 0 Å². The number of nitrogens with zero attached hydrogens (tertiary/aromatic N) is 3. The van der Waals surface area contributed by atoms with Crippen molar-refractivity contribution in [2.75, 3.05) is 13.1 Å². The lowest BCUT2D eigenvalue weighted by Gasteiger charge is -2.18. The number of pyridine rings is 1. The van der Waals surface area contributed by atoms with E-state index in [1.165, 1.54) is 21.0 Å². The summed E-state index contributed by atoms with van der Waals surface area (Å²) in [6.45, 7) is 8.19. The van der Waals surface area contributed by atoms with Crippen molar-refractivity contribution >= 4 is 15.9 Å². The zero-order valence-electron chi connectivity index (χ0n) is 15.6. The lowest BCUT2D eigenvalue weighted by molar-refractivity contribution is 0.0954. The molecule has 0 N–H and O–H groups in total. The molecule has 0 saturated carbocycles. The van der Waals surface area contributed by atoms with Crippen LogP contribution in [-0.2, 0) is 10.0 Å². The van der Waals surface area contributed by atoms with E-state index in [0.29, 0.717) is 24.1 Å². The van der Waals surface area contributed by atoms with Gasteiger partial charge in [0.2, 0.25) is 10.0 Å². The monoisotopic (exact) mass is 375 g/mol. The molecule has 6 nitrogen and oxygen atoms in total. The first-order valence-electron chi connectivity index (χ1n) is 8.67. The summed E-state index contributed by atoms with van der Waals surface area (Å²) in [7, 11) is -3.62. The van der Waals surface area contributed by atoms with Crippen molar-refractivity contribution < 1.29 is 13.2 Å². The maximum Gasteiger partial charge on any atom is 0.263 e. The molecule has 0 aliphatic rings. The fourth-order valence-electron chi connectivity index (χ4n) is 2.62. The number of benzene rings is 1. The van der Waals surface area contributed by atoms with Crippen LogP contribution in [0.15, 0.2) is 58.5 Å². The van der Waals surface area contributed by atoms with Crippen molar-refractivity contribution in [1.29, 1.82) is 0 Å². The molecule has 140 valence electrons. The van der Waals surface area contributed by atoms with E-state index in [1.807, 2.05) is 19.9 Å². The molecular weight excluding hydrogens is 350 g/mol. The van der Waals surface area contributed by atoms with E-state index >= 15 is 0 Å². The van der Waals surface area contributed by atoms with E-state index in [1.54, 1.807) is 44.3 Å². The fraction of sp³-hybridized carbons (Fsp3) is 0.368. The molecular formula is C19H25N3O3S. The van der Waals surface area contributed by atoms with Crippen LogP contribution in [0.5, 0.6) is 0 Å². The molecule has 26 heavy (non-hydrogen) atoms. The van der Waals surface area contributed by atoms with Crippen molar-refractivity contribution in [1.82, 2.24) is 8.87 Å². The Hall–Kier alpha value is -2.25. The third-order valence-electron chi connectivity index (χ3n) is 3.87. The average molecular weight is 375 g/mol. The van der Waals surface area contributed by atoms with E-state index in [4.69, 9.17) is 0 Å². The van der Waals surface area contributed by atoms with Crippen molar-refractivity contribution in [3.8, 4) is 0 Å². The van der Waals surface area contributed by atoms with Crippen LogP contribution < -0.4 is 5.49 Å². The van der Waals surface area contributed by atoms with Crippen LogP contribution in [0.3, 0.4) is 0 Å². The number of rotatable bonds is 6. The van der Waals surface area contributed by atoms with E-state index in [2.05, 4.69) is 4.99 Å². The molecule has 0 aliphatic carbocycles. The first-order valence-corrected chi connectivity index (χ1v) is 10.1. The highest BCUT2D eigenvalue weighted by Gasteiger charge is 2.22. The van der Waals surface area contributed by atoms with E-state index < -0.39 is 10.0 Å². The standard InChI is InChI=1S/C19H25N3O3S/c1-5-21(6-2)26(24,25)17-11-9-10-16(14-17)19(23)22-13-8-7-12-18(22)20-15(3)4/h7-15H,5-6H2,1-4H3. The lowest BCUT2D eigenvalue weighted by Crippen LogP contribution is -2.31. The highest BCUT2D eigenvalue weighted by atomic mass is 32.2. The Labute approximate surface area is 154 Å². The Balaban J connectivity index is 2.51. The van der Waals surface area contributed by atoms with Crippen LogP contribution in [-0.4, -0.2) is 42.3 Å². The summed E-state index contributed by atoms with van der Waals surface area (Å²) < 4.78 is 28.2. The van der Waals surface area contributed by atoms with Crippen LogP contribution >= 0.6 is 0 Å². The number of hydrogen-bond donors (Lipinski definition) is 0. The third kappa shape index (κ3) is 4.28. The first-order chi connectivity index (χ1) is 12.3. The zero-order chi connectivity index (χ0) is 19.3. The highest BCUT2D eigenvalue weighted by molar-refractivity contribution is 7.89. The van der Waals surface area contributed by atoms with Crippen LogP contribution in [0.4, 0.5) is 0 Å². The van der Waals surface area contributed by atoms with Gasteiger partial charge in [-0.1, -0.05) is 26.0 Å². The Morgan fingerprint density at radius 3 is 2.42 bits per heavy atom. The number of aromatic nitrogens is 1. The lowest BCUT2D eigenvalue weighted by atomic mass is 10.2. The fourth-order valence-corrected chi connectivity index (χ4v) is 4.12. The normalized spacial score (nSPS) is 12.8. The number of hydrogen-bond acceptors (Lipinski definition) is 4. The maximum absolute atomic E-state index is 12.9.